The fraction of sp³-hybridized carbons (Fsp3) is 0.778. The summed E-state index contributed by atoms with van der Waals surface area (Å²) in [6, 6.07) is 0. The first-order chi connectivity index (χ1) is 7.76. The summed E-state index contributed by atoms with van der Waals surface area (Å²) in [4.78, 5) is 22.6. The number of methoxy groups -OCH3 is 2. The molecule has 0 amide bonds. The highest BCUT2D eigenvalue weighted by atomic mass is 16.5. The normalized spacial score (nSPS) is 9.28. The van der Waals surface area contributed by atoms with Crippen molar-refractivity contribution in [2.75, 3.05) is 14.2 Å². The van der Waals surface area contributed by atoms with Crippen LogP contribution in [0.2, 0.25) is 0 Å². The van der Waals surface area contributed by atoms with Crippen LogP contribution in [0.4, 0.5) is 0 Å². The number of hydrogen-bond acceptors (Lipinski definition) is 8. The summed E-state index contributed by atoms with van der Waals surface area (Å²) < 4.78 is 9.10. The van der Waals surface area contributed by atoms with Gasteiger partial charge >= 0.3 is 19.3 Å². The lowest BCUT2D eigenvalue weighted by molar-refractivity contribution is -0.168. The summed E-state index contributed by atoms with van der Waals surface area (Å²) in [5.41, 5.74) is -1.15. The molecule has 6 N–H and O–H groups in total. The summed E-state index contributed by atoms with van der Waals surface area (Å²) in [6.45, 7) is 3.43. The molecule has 0 saturated carbocycles. The molecule has 0 fully saturated rings. The third kappa shape index (κ3) is 8.01. The van der Waals surface area contributed by atoms with Gasteiger partial charge in [0.1, 0.15) is 0 Å². The van der Waals surface area contributed by atoms with E-state index in [1.807, 2.05) is 6.92 Å². The predicted molar refractivity (Wildman–Crippen MR) is 64.5 cm³/mol. The zero-order valence-corrected chi connectivity index (χ0v) is 11.2. The number of ether oxygens (including phenoxy) is 2. The van der Waals surface area contributed by atoms with Crippen LogP contribution in [0.15, 0.2) is 0 Å². The van der Waals surface area contributed by atoms with Crippen molar-refractivity contribution in [3.05, 3.63) is 0 Å². The van der Waals surface area contributed by atoms with Crippen molar-refractivity contribution in [3.63, 3.8) is 0 Å². The van der Waals surface area contributed by atoms with Gasteiger partial charge in [-0.1, -0.05) is 13.3 Å². The Morgan fingerprint density at radius 3 is 1.56 bits per heavy atom. The van der Waals surface area contributed by atoms with Gasteiger partial charge in [-0.25, -0.2) is 0 Å². The van der Waals surface area contributed by atoms with Crippen LogP contribution in [0.1, 0.15) is 26.7 Å². The number of rotatable bonds is 4. The van der Waals surface area contributed by atoms with Crippen LogP contribution in [0, 0.1) is 5.41 Å². The van der Waals surface area contributed by atoms with Gasteiger partial charge in [0.15, 0.2) is 5.41 Å². The highest BCUT2D eigenvalue weighted by molar-refractivity contribution is 6.30. The minimum Gasteiger partial charge on any atom is -0.468 e. The van der Waals surface area contributed by atoms with Gasteiger partial charge in [0, 0.05) is 0 Å². The Bertz CT molecular complexity index is 228. The molecule has 8 nitrogen and oxygen atoms in total. The fourth-order valence-electron chi connectivity index (χ4n) is 1.24. The number of carbonyl (C=O) groups excluding carboxylic acids is 2. The smallest absolute Gasteiger partial charge is 0.468 e. The van der Waals surface area contributed by atoms with E-state index in [1.54, 1.807) is 0 Å². The molecule has 0 heterocycles. The van der Waals surface area contributed by atoms with Crippen LogP contribution in [0.3, 0.4) is 0 Å². The van der Waals surface area contributed by atoms with Crippen LogP contribution in [-0.4, -0.2) is 48.6 Å². The standard InChI is InChI=1S/C9H16O4.BH3O3.H3N/c1-5-6-9(2,7(10)12-3)8(11)13-4;2-1(3)4;/h5-6H2,1-4H3;2-4H;1H3. The van der Waals surface area contributed by atoms with E-state index in [4.69, 9.17) is 15.1 Å². The first-order valence-electron chi connectivity index (χ1n) is 4.97. The van der Waals surface area contributed by atoms with Crippen LogP contribution in [-0.2, 0) is 19.1 Å². The predicted octanol–water partition coefficient (Wildman–Crippen LogP) is -0.751. The van der Waals surface area contributed by atoms with Gasteiger partial charge in [-0.05, 0) is 13.3 Å². The maximum atomic E-state index is 11.3. The molecule has 0 aromatic carbocycles. The Kier molecular flexibility index (Phi) is 13.4. The molecular weight excluding hydrogens is 245 g/mol. The van der Waals surface area contributed by atoms with E-state index >= 15 is 0 Å². The van der Waals surface area contributed by atoms with Crippen molar-refractivity contribution >= 4 is 19.3 Å². The monoisotopic (exact) mass is 267 g/mol. The van der Waals surface area contributed by atoms with Gasteiger partial charge in [0.2, 0.25) is 0 Å². The van der Waals surface area contributed by atoms with Gasteiger partial charge in [0.05, 0.1) is 14.2 Å². The highest BCUT2D eigenvalue weighted by Crippen LogP contribution is 2.26. The molecule has 0 aliphatic heterocycles. The lowest BCUT2D eigenvalue weighted by Crippen LogP contribution is -2.38. The zero-order chi connectivity index (χ0) is 14.1. The fourth-order valence-corrected chi connectivity index (χ4v) is 1.24. The van der Waals surface area contributed by atoms with E-state index in [9.17, 15) is 9.59 Å². The highest BCUT2D eigenvalue weighted by Gasteiger charge is 2.42. The number of esters is 2. The van der Waals surface area contributed by atoms with Crippen LogP contribution in [0.5, 0.6) is 0 Å². The second kappa shape index (κ2) is 11.0. The molecule has 0 saturated heterocycles. The van der Waals surface area contributed by atoms with Gasteiger partial charge in [-0.2, -0.15) is 0 Å². The quantitative estimate of drug-likeness (QED) is 0.295. The van der Waals surface area contributed by atoms with Crippen LogP contribution < -0.4 is 6.15 Å². The molecule has 18 heavy (non-hydrogen) atoms. The third-order valence-electron chi connectivity index (χ3n) is 2.02. The Labute approximate surface area is 107 Å². The third-order valence-corrected chi connectivity index (χ3v) is 2.02. The van der Waals surface area contributed by atoms with Gasteiger partial charge in [0.25, 0.3) is 0 Å². The minimum absolute atomic E-state index is 0. The Morgan fingerprint density at radius 1 is 1.11 bits per heavy atom. The molecule has 0 radical (unpaired) electrons. The average Bonchev–Trinajstić information content (AvgIpc) is 2.26. The van der Waals surface area contributed by atoms with Crippen molar-refractivity contribution in [2.24, 2.45) is 5.41 Å². The van der Waals surface area contributed by atoms with Gasteiger partial charge in [-0.3, -0.25) is 9.59 Å². The lowest BCUT2D eigenvalue weighted by Gasteiger charge is -2.22. The summed E-state index contributed by atoms with van der Waals surface area (Å²) >= 11 is 0. The van der Waals surface area contributed by atoms with Crippen molar-refractivity contribution in [1.82, 2.24) is 6.15 Å². The molecule has 0 aliphatic carbocycles. The van der Waals surface area contributed by atoms with Crippen molar-refractivity contribution in [2.45, 2.75) is 26.7 Å². The van der Waals surface area contributed by atoms with E-state index < -0.39 is 24.7 Å². The summed E-state index contributed by atoms with van der Waals surface area (Å²) in [5, 5.41) is 21.5. The van der Waals surface area contributed by atoms with Crippen LogP contribution >= 0.6 is 0 Å². The maximum absolute atomic E-state index is 11.3. The van der Waals surface area contributed by atoms with E-state index in [0.717, 1.165) is 6.42 Å². The molecule has 0 aromatic rings. The molecule has 0 aliphatic rings. The van der Waals surface area contributed by atoms with Crippen molar-refractivity contribution in [1.29, 1.82) is 0 Å². The SMILES string of the molecule is CCCC(C)(C(=O)OC)C(=O)OC.N.OB(O)O. The average molecular weight is 267 g/mol. The first-order valence-corrected chi connectivity index (χ1v) is 4.97. The number of hydrogen-bond donors (Lipinski definition) is 4. The van der Waals surface area contributed by atoms with Crippen molar-refractivity contribution < 1.29 is 34.1 Å². The first kappa shape index (κ1) is 22.1. The zero-order valence-electron chi connectivity index (χ0n) is 11.2. The van der Waals surface area contributed by atoms with E-state index in [-0.39, 0.29) is 6.15 Å². The Morgan fingerprint density at radius 2 is 1.39 bits per heavy atom. The molecule has 0 rings (SSSR count). The molecule has 0 aromatic heterocycles. The number of carbonyl (C=O) groups is 2. The Hall–Kier alpha value is -1.16. The largest absolute Gasteiger partial charge is 0.631 e. The Balaban J connectivity index is -0.000000392. The lowest BCUT2D eigenvalue weighted by atomic mass is 9.86. The summed E-state index contributed by atoms with van der Waals surface area (Å²) in [5.74, 6) is -1.08. The minimum atomic E-state index is -2.17. The molecular formula is C9H22BNO7. The van der Waals surface area contributed by atoms with Crippen LogP contribution in [0.25, 0.3) is 0 Å². The molecule has 9 heteroatoms. The molecule has 0 bridgehead atoms. The van der Waals surface area contributed by atoms with E-state index in [2.05, 4.69) is 9.47 Å². The molecule has 0 spiro atoms. The molecule has 108 valence electrons. The summed E-state index contributed by atoms with van der Waals surface area (Å²) in [7, 11) is 0.359. The second-order valence-electron chi connectivity index (χ2n) is 3.41. The van der Waals surface area contributed by atoms with Gasteiger partial charge < -0.3 is 30.7 Å². The topological polar surface area (TPSA) is 148 Å². The van der Waals surface area contributed by atoms with Crippen molar-refractivity contribution in [3.8, 4) is 0 Å². The van der Waals surface area contributed by atoms with Gasteiger partial charge in [-0.15, -0.1) is 0 Å². The maximum Gasteiger partial charge on any atom is 0.631 e. The molecule has 0 unspecified atom stereocenters. The van der Waals surface area contributed by atoms with E-state index in [0.29, 0.717) is 6.42 Å². The molecule has 0 atom stereocenters. The summed E-state index contributed by atoms with van der Waals surface area (Å²) in [6.07, 6.45) is 1.16. The second-order valence-corrected chi connectivity index (χ2v) is 3.41. The van der Waals surface area contributed by atoms with E-state index in [1.165, 1.54) is 21.1 Å².